The molecule has 0 unspecified atom stereocenters. The summed E-state index contributed by atoms with van der Waals surface area (Å²) in [5.41, 5.74) is 0.149. The van der Waals surface area contributed by atoms with Gasteiger partial charge < -0.3 is 10.1 Å². The topological polar surface area (TPSA) is 21.3 Å². The summed E-state index contributed by atoms with van der Waals surface area (Å²) in [5, 5.41) is 2.75. The van der Waals surface area contributed by atoms with E-state index in [1.54, 1.807) is 0 Å². The molecule has 0 saturated carbocycles. The maximum Gasteiger partial charge on any atom is 0.147 e. The van der Waals surface area contributed by atoms with Gasteiger partial charge in [-0.3, -0.25) is 0 Å². The Kier molecular flexibility index (Phi) is 4.98. The molecule has 0 fully saturated rings. The summed E-state index contributed by atoms with van der Waals surface area (Å²) in [6, 6.07) is 2.21. The molecule has 0 radical (unpaired) electrons. The number of hydrogen-bond donors (Lipinski definition) is 1. The molecule has 0 spiro atoms. The van der Waals surface area contributed by atoms with E-state index >= 15 is 0 Å². The second-order valence-electron chi connectivity index (χ2n) is 2.87. The highest BCUT2D eigenvalue weighted by molar-refractivity contribution is 9.10. The van der Waals surface area contributed by atoms with E-state index in [2.05, 4.69) is 21.2 Å². The number of rotatable bonds is 5. The third-order valence-corrected chi connectivity index (χ3v) is 2.38. The van der Waals surface area contributed by atoms with Gasteiger partial charge in [0, 0.05) is 19.2 Å². The summed E-state index contributed by atoms with van der Waals surface area (Å²) in [6.45, 7) is 3.40. The largest absolute Gasteiger partial charge is 0.380 e. The predicted molar refractivity (Wildman–Crippen MR) is 59.0 cm³/mol. The molecule has 1 aromatic carbocycles. The Labute approximate surface area is 95.8 Å². The van der Waals surface area contributed by atoms with Crippen LogP contribution in [0, 0.1) is 11.6 Å². The van der Waals surface area contributed by atoms with Crippen LogP contribution in [0.3, 0.4) is 0 Å². The first-order chi connectivity index (χ1) is 7.15. The summed E-state index contributed by atoms with van der Waals surface area (Å²) in [4.78, 5) is 0. The minimum atomic E-state index is -0.490. The Bertz CT molecular complexity index is 333. The van der Waals surface area contributed by atoms with Crippen LogP contribution < -0.4 is 5.32 Å². The van der Waals surface area contributed by atoms with E-state index in [4.69, 9.17) is 4.74 Å². The van der Waals surface area contributed by atoms with Gasteiger partial charge in [0.05, 0.1) is 16.8 Å². The third kappa shape index (κ3) is 3.76. The highest BCUT2D eigenvalue weighted by Crippen LogP contribution is 2.22. The zero-order chi connectivity index (χ0) is 11.3. The molecular formula is C10H12BrF2NO. The van der Waals surface area contributed by atoms with Gasteiger partial charge in [0.15, 0.2) is 0 Å². The van der Waals surface area contributed by atoms with Gasteiger partial charge >= 0.3 is 0 Å². The summed E-state index contributed by atoms with van der Waals surface area (Å²) in [6.07, 6.45) is 0. The van der Waals surface area contributed by atoms with E-state index in [0.29, 0.717) is 19.8 Å². The minimum absolute atomic E-state index is 0.121. The van der Waals surface area contributed by atoms with E-state index in [-0.39, 0.29) is 10.2 Å². The van der Waals surface area contributed by atoms with Crippen molar-refractivity contribution < 1.29 is 13.5 Å². The fraction of sp³-hybridized carbons (Fsp3) is 0.400. The van der Waals surface area contributed by atoms with Crippen molar-refractivity contribution in [3.05, 3.63) is 28.2 Å². The second-order valence-corrected chi connectivity index (χ2v) is 3.72. The summed E-state index contributed by atoms with van der Waals surface area (Å²) < 4.78 is 31.5. The molecule has 0 atom stereocenters. The van der Waals surface area contributed by atoms with Crippen molar-refractivity contribution in [2.75, 3.05) is 25.1 Å². The molecule has 0 aliphatic heterocycles. The lowest BCUT2D eigenvalue weighted by molar-refractivity contribution is 0.158. The monoisotopic (exact) mass is 279 g/mol. The van der Waals surface area contributed by atoms with Crippen LogP contribution in [-0.2, 0) is 4.74 Å². The molecule has 1 rings (SSSR count). The molecule has 0 aliphatic rings. The van der Waals surface area contributed by atoms with Gasteiger partial charge in [0.25, 0.3) is 0 Å². The lowest BCUT2D eigenvalue weighted by Crippen LogP contribution is -2.10. The lowest BCUT2D eigenvalue weighted by atomic mass is 10.3. The molecule has 5 heteroatoms. The van der Waals surface area contributed by atoms with Crippen molar-refractivity contribution in [2.45, 2.75) is 6.92 Å². The van der Waals surface area contributed by atoms with E-state index in [0.717, 1.165) is 12.1 Å². The Morgan fingerprint density at radius 1 is 1.33 bits per heavy atom. The van der Waals surface area contributed by atoms with E-state index in [1.807, 2.05) is 6.92 Å². The molecule has 2 nitrogen and oxygen atoms in total. The van der Waals surface area contributed by atoms with E-state index in [9.17, 15) is 8.78 Å². The van der Waals surface area contributed by atoms with Crippen LogP contribution >= 0.6 is 15.9 Å². The average Bonchev–Trinajstić information content (AvgIpc) is 2.20. The van der Waals surface area contributed by atoms with Gasteiger partial charge in [-0.1, -0.05) is 0 Å². The third-order valence-electron chi connectivity index (χ3n) is 1.78. The lowest BCUT2D eigenvalue weighted by Gasteiger charge is -2.08. The van der Waals surface area contributed by atoms with Crippen LogP contribution in [0.25, 0.3) is 0 Å². The first-order valence-corrected chi connectivity index (χ1v) is 5.40. The maximum atomic E-state index is 13.2. The van der Waals surface area contributed by atoms with Crippen molar-refractivity contribution in [1.29, 1.82) is 0 Å². The van der Waals surface area contributed by atoms with Crippen LogP contribution in [0.4, 0.5) is 14.5 Å². The van der Waals surface area contributed by atoms with Crippen LogP contribution in [0.2, 0.25) is 0 Å². The molecule has 1 aromatic rings. The standard InChI is InChI=1S/C10H12BrF2NO/c1-2-15-4-3-14-10-6-8(12)7(11)5-9(10)13/h5-6,14H,2-4H2,1H3. The number of halogens is 3. The van der Waals surface area contributed by atoms with Gasteiger partial charge in [0.2, 0.25) is 0 Å². The predicted octanol–water partition coefficient (Wildman–Crippen LogP) is 3.18. The highest BCUT2D eigenvalue weighted by Gasteiger charge is 2.07. The van der Waals surface area contributed by atoms with Crippen molar-refractivity contribution in [3.8, 4) is 0 Å². The number of anilines is 1. The SMILES string of the molecule is CCOCCNc1cc(F)c(Br)cc1F. The Morgan fingerprint density at radius 2 is 2.07 bits per heavy atom. The maximum absolute atomic E-state index is 13.2. The van der Waals surface area contributed by atoms with Crippen LogP contribution in [0.1, 0.15) is 6.92 Å². The van der Waals surface area contributed by atoms with Gasteiger partial charge in [-0.15, -0.1) is 0 Å². The smallest absolute Gasteiger partial charge is 0.147 e. The van der Waals surface area contributed by atoms with Crippen molar-refractivity contribution in [2.24, 2.45) is 0 Å². The van der Waals surface area contributed by atoms with E-state index < -0.39 is 11.6 Å². The molecule has 0 saturated heterocycles. The van der Waals surface area contributed by atoms with Crippen LogP contribution in [0.5, 0.6) is 0 Å². The molecule has 0 aromatic heterocycles. The quantitative estimate of drug-likeness (QED) is 0.660. The number of nitrogens with one attached hydrogen (secondary N) is 1. The fourth-order valence-corrected chi connectivity index (χ4v) is 1.38. The molecule has 0 heterocycles. The van der Waals surface area contributed by atoms with Gasteiger partial charge in [-0.2, -0.15) is 0 Å². The Balaban J connectivity index is 2.57. The van der Waals surface area contributed by atoms with Crippen LogP contribution in [0.15, 0.2) is 16.6 Å². The molecule has 0 amide bonds. The molecule has 0 bridgehead atoms. The Morgan fingerprint density at radius 3 is 2.73 bits per heavy atom. The zero-order valence-electron chi connectivity index (χ0n) is 8.32. The Hall–Kier alpha value is -0.680. The second kappa shape index (κ2) is 6.02. The van der Waals surface area contributed by atoms with Gasteiger partial charge in [0.1, 0.15) is 11.6 Å². The van der Waals surface area contributed by atoms with Crippen molar-refractivity contribution >= 4 is 21.6 Å². The number of hydrogen-bond acceptors (Lipinski definition) is 2. The highest BCUT2D eigenvalue weighted by atomic mass is 79.9. The van der Waals surface area contributed by atoms with Gasteiger partial charge in [-0.25, -0.2) is 8.78 Å². The minimum Gasteiger partial charge on any atom is -0.380 e. The average molecular weight is 280 g/mol. The summed E-state index contributed by atoms with van der Waals surface area (Å²) in [5.74, 6) is -0.977. The van der Waals surface area contributed by atoms with Crippen molar-refractivity contribution in [3.63, 3.8) is 0 Å². The molecular weight excluding hydrogens is 268 g/mol. The van der Waals surface area contributed by atoms with Gasteiger partial charge in [-0.05, 0) is 28.9 Å². The molecule has 0 aliphatic carbocycles. The number of ether oxygens (including phenoxy) is 1. The molecule has 84 valence electrons. The van der Waals surface area contributed by atoms with Crippen molar-refractivity contribution in [1.82, 2.24) is 0 Å². The molecule has 1 N–H and O–H groups in total. The summed E-state index contributed by atoms with van der Waals surface area (Å²) >= 11 is 2.91. The number of benzene rings is 1. The normalized spacial score (nSPS) is 10.4. The first kappa shape index (κ1) is 12.4. The fourth-order valence-electron chi connectivity index (χ4n) is 1.06. The van der Waals surface area contributed by atoms with E-state index in [1.165, 1.54) is 0 Å². The molecule has 15 heavy (non-hydrogen) atoms. The first-order valence-electron chi connectivity index (χ1n) is 4.61. The van der Waals surface area contributed by atoms with Crippen LogP contribution in [-0.4, -0.2) is 19.8 Å². The zero-order valence-corrected chi connectivity index (χ0v) is 9.90. The summed E-state index contributed by atoms with van der Waals surface area (Å²) in [7, 11) is 0.